The molecule has 1 fully saturated rings. The fraction of sp³-hybridized carbons (Fsp3) is 0.558. The van der Waals surface area contributed by atoms with Crippen LogP contribution in [0.15, 0.2) is 43.0 Å². The second kappa shape index (κ2) is 23.9. The molecule has 1 aliphatic heterocycles. The predicted octanol–water partition coefficient (Wildman–Crippen LogP) is -0.191. The van der Waals surface area contributed by atoms with Crippen molar-refractivity contribution in [2.45, 2.75) is 128 Å². The van der Waals surface area contributed by atoms with Crippen LogP contribution in [-0.2, 0) is 51.2 Å². The third-order valence-electron chi connectivity index (χ3n) is 11.0. The molecule has 13 N–H and O–H groups in total. The van der Waals surface area contributed by atoms with E-state index in [1.165, 1.54) is 12.5 Å². The number of carbonyl (C=O) groups excluding carboxylic acids is 6. The topological polar surface area (TPSA) is 337 Å². The molecule has 21 nitrogen and oxygen atoms in total. The van der Waals surface area contributed by atoms with Gasteiger partial charge in [0.25, 0.3) is 0 Å². The number of nitrogens with zero attached hydrogens (tertiary/aromatic N) is 2. The molecule has 0 spiro atoms. The van der Waals surface area contributed by atoms with E-state index >= 15 is 0 Å². The van der Waals surface area contributed by atoms with Crippen molar-refractivity contribution in [3.63, 3.8) is 0 Å². The van der Waals surface area contributed by atoms with Crippen LogP contribution in [0, 0.1) is 11.8 Å². The molecule has 64 heavy (non-hydrogen) atoms. The van der Waals surface area contributed by atoms with Crippen molar-refractivity contribution in [1.29, 1.82) is 0 Å². The van der Waals surface area contributed by atoms with Crippen molar-refractivity contribution < 1.29 is 48.6 Å². The number of nitrogens with two attached hydrogens (primary N) is 2. The van der Waals surface area contributed by atoms with Gasteiger partial charge in [-0.15, -0.1) is 0 Å². The van der Waals surface area contributed by atoms with E-state index in [4.69, 9.17) is 11.5 Å². The Bertz CT molecular complexity index is 2090. The molecule has 0 aliphatic carbocycles. The maximum Gasteiger partial charge on any atom is 0.326 e. The summed E-state index contributed by atoms with van der Waals surface area (Å²) in [5.41, 5.74) is 14.1. The number of fused-ring (bicyclic) bond motifs is 1. The molecule has 7 atom stereocenters. The van der Waals surface area contributed by atoms with Crippen molar-refractivity contribution in [2.24, 2.45) is 23.3 Å². The molecule has 0 saturated carbocycles. The number of carboxylic acids is 2. The van der Waals surface area contributed by atoms with Crippen LogP contribution in [0.4, 0.5) is 0 Å². The predicted molar refractivity (Wildman–Crippen MR) is 234 cm³/mol. The maximum atomic E-state index is 14.1. The van der Waals surface area contributed by atoms with Crippen molar-refractivity contribution in [3.05, 3.63) is 54.2 Å². The van der Waals surface area contributed by atoms with Gasteiger partial charge in [0.15, 0.2) is 0 Å². The summed E-state index contributed by atoms with van der Waals surface area (Å²) in [6, 6.07) is -1.31. The van der Waals surface area contributed by atoms with Gasteiger partial charge in [0.05, 0.1) is 18.8 Å². The number of para-hydroxylation sites is 1. The molecular weight excluding hydrogens is 831 g/mol. The fourth-order valence-electron chi connectivity index (χ4n) is 7.66. The smallest absolute Gasteiger partial charge is 0.326 e. The third kappa shape index (κ3) is 14.3. The Hall–Kier alpha value is -6.35. The van der Waals surface area contributed by atoms with E-state index in [1.807, 2.05) is 38.1 Å². The van der Waals surface area contributed by atoms with E-state index < -0.39 is 102 Å². The average molecular weight is 894 g/mol. The first kappa shape index (κ1) is 50.3. The van der Waals surface area contributed by atoms with E-state index in [0.717, 1.165) is 21.4 Å². The van der Waals surface area contributed by atoms with E-state index in [-0.39, 0.29) is 44.6 Å². The number of hydrogen-bond donors (Lipinski definition) is 11. The Balaban J connectivity index is 1.48. The highest BCUT2D eigenvalue weighted by molar-refractivity contribution is 5.98. The lowest BCUT2D eigenvalue weighted by Crippen LogP contribution is -2.60. The minimum absolute atomic E-state index is 0.0257. The number of unbranched alkanes of at least 4 members (excludes halogenated alkanes) is 1. The van der Waals surface area contributed by atoms with Crippen LogP contribution in [0.5, 0.6) is 0 Å². The number of aliphatic carboxylic acids is 2. The first-order chi connectivity index (χ1) is 30.4. The minimum atomic E-state index is -1.64. The Kier molecular flexibility index (Phi) is 18.8. The standard InChI is InChI=1S/C43H63N11O10/c1-23(2)16-33(43(63)64)52-38(58)30(12-7-8-14-44)49-39(59)31(18-26-21-46-22-48-26)50-40(60)34-13-9-15-54(34)42(62)32(19-35(55)56)51-41(61)36(24(3)4)53-37(57)28(45)17-25-20-47-29-11-6-5-10-27(25)29/h5-6,10-11,20-24,28,30-34,36,47H,7-9,12-19,44-45H2,1-4H3,(H,46,48)(H,49,59)(H,50,60)(H,51,61)(H,52,58)(H,53,57)(H,55,56)(H,63,64)/t28-,30-,31-,32-,33-,34-,36-/m0/s1. The van der Waals surface area contributed by atoms with Gasteiger partial charge >= 0.3 is 11.9 Å². The number of hydrogen-bond acceptors (Lipinski definition) is 11. The van der Waals surface area contributed by atoms with Gasteiger partial charge in [-0.1, -0.05) is 45.9 Å². The van der Waals surface area contributed by atoms with Crippen molar-refractivity contribution >= 4 is 58.3 Å². The second-order valence-corrected chi connectivity index (χ2v) is 17.0. The lowest BCUT2D eigenvalue weighted by atomic mass is 10.0. The van der Waals surface area contributed by atoms with Crippen LogP contribution in [0.2, 0.25) is 0 Å². The largest absolute Gasteiger partial charge is 0.481 e. The number of nitrogens with one attached hydrogen (secondary N) is 7. The number of likely N-dealkylation sites (tertiary alicyclic amines) is 1. The highest BCUT2D eigenvalue weighted by Crippen LogP contribution is 2.21. The molecule has 2 aromatic heterocycles. The van der Waals surface area contributed by atoms with Gasteiger partial charge in [-0.05, 0) is 75.0 Å². The fourth-order valence-corrected chi connectivity index (χ4v) is 7.66. The number of carboxylic acid groups (broad SMARTS) is 2. The quantitative estimate of drug-likeness (QED) is 0.0492. The summed E-state index contributed by atoms with van der Waals surface area (Å²) < 4.78 is 0. The van der Waals surface area contributed by atoms with Crippen molar-refractivity contribution in [3.8, 4) is 0 Å². The molecule has 4 rings (SSSR count). The summed E-state index contributed by atoms with van der Waals surface area (Å²) >= 11 is 0. The van der Waals surface area contributed by atoms with E-state index in [2.05, 4.69) is 41.5 Å². The zero-order chi connectivity index (χ0) is 47.1. The van der Waals surface area contributed by atoms with Gasteiger partial charge in [0, 0.05) is 42.0 Å². The Morgan fingerprint density at radius 1 is 0.828 bits per heavy atom. The van der Waals surface area contributed by atoms with Crippen LogP contribution >= 0.6 is 0 Å². The van der Waals surface area contributed by atoms with E-state index in [1.54, 1.807) is 20.0 Å². The number of benzene rings is 1. The van der Waals surface area contributed by atoms with Crippen LogP contribution < -0.4 is 38.1 Å². The molecule has 3 aromatic rings. The van der Waals surface area contributed by atoms with Crippen molar-refractivity contribution in [2.75, 3.05) is 13.1 Å². The minimum Gasteiger partial charge on any atom is -0.481 e. The molecule has 0 bridgehead atoms. The number of amides is 6. The SMILES string of the molecule is CC(C)C[C@H](NC(=O)[C@H](CCCCN)NC(=O)[C@H](Cc1cnc[nH]1)NC(=O)[C@@H]1CCCN1C(=O)[C@H](CC(=O)O)NC(=O)[C@@H](NC(=O)[C@@H](N)Cc1c[nH]c2ccccc12)C(C)C)C(=O)O. The Morgan fingerprint density at radius 3 is 2.16 bits per heavy atom. The van der Waals surface area contributed by atoms with Gasteiger partial charge < -0.3 is 63.1 Å². The molecule has 1 saturated heterocycles. The molecule has 0 unspecified atom stereocenters. The highest BCUT2D eigenvalue weighted by atomic mass is 16.4. The van der Waals surface area contributed by atoms with Crippen LogP contribution in [0.3, 0.4) is 0 Å². The number of imidazole rings is 1. The van der Waals surface area contributed by atoms with Gasteiger partial charge in [-0.2, -0.15) is 0 Å². The Labute approximate surface area is 371 Å². The van der Waals surface area contributed by atoms with Crippen LogP contribution in [-0.4, -0.2) is 133 Å². The van der Waals surface area contributed by atoms with Crippen molar-refractivity contribution in [1.82, 2.24) is 46.4 Å². The van der Waals surface area contributed by atoms with E-state index in [0.29, 0.717) is 31.5 Å². The zero-order valence-corrected chi connectivity index (χ0v) is 36.7. The average Bonchev–Trinajstić information content (AvgIpc) is 4.03. The monoisotopic (exact) mass is 893 g/mol. The summed E-state index contributed by atoms with van der Waals surface area (Å²) in [6.45, 7) is 7.28. The summed E-state index contributed by atoms with van der Waals surface area (Å²) in [4.78, 5) is 118. The molecule has 1 aliphatic rings. The van der Waals surface area contributed by atoms with Crippen LogP contribution in [0.1, 0.15) is 83.9 Å². The molecule has 21 heteroatoms. The summed E-state index contributed by atoms with van der Waals surface area (Å²) in [5.74, 6) is -7.81. The van der Waals surface area contributed by atoms with E-state index in [9.17, 15) is 48.6 Å². The molecule has 1 aromatic carbocycles. The molecule has 6 amide bonds. The first-order valence-corrected chi connectivity index (χ1v) is 21.6. The number of aromatic nitrogens is 3. The summed E-state index contributed by atoms with van der Waals surface area (Å²) in [5, 5.41) is 33.5. The number of carbonyl (C=O) groups is 8. The van der Waals surface area contributed by atoms with Gasteiger partial charge in [-0.25, -0.2) is 9.78 Å². The first-order valence-electron chi connectivity index (χ1n) is 21.6. The zero-order valence-electron chi connectivity index (χ0n) is 36.7. The van der Waals surface area contributed by atoms with Crippen LogP contribution in [0.25, 0.3) is 10.9 Å². The lowest BCUT2D eigenvalue weighted by Gasteiger charge is -2.31. The molecular formula is C43H63N11O10. The number of rotatable bonds is 25. The molecule has 3 heterocycles. The maximum absolute atomic E-state index is 14.1. The number of H-pyrrole nitrogens is 2. The second-order valence-electron chi connectivity index (χ2n) is 17.0. The lowest BCUT2D eigenvalue weighted by molar-refractivity contribution is -0.146. The Morgan fingerprint density at radius 2 is 1.52 bits per heavy atom. The van der Waals surface area contributed by atoms with Gasteiger partial charge in [-0.3, -0.25) is 33.6 Å². The van der Waals surface area contributed by atoms with Gasteiger partial charge in [0.2, 0.25) is 35.4 Å². The third-order valence-corrected chi connectivity index (χ3v) is 11.0. The highest BCUT2D eigenvalue weighted by Gasteiger charge is 2.41. The van der Waals surface area contributed by atoms with Gasteiger partial charge in [0.1, 0.15) is 36.3 Å². The molecule has 350 valence electrons. The summed E-state index contributed by atoms with van der Waals surface area (Å²) in [7, 11) is 0. The molecule has 0 radical (unpaired) electrons. The number of aromatic amines is 2. The normalized spacial score (nSPS) is 16.6. The summed E-state index contributed by atoms with van der Waals surface area (Å²) in [6.07, 6.45) is 5.44.